The molecule has 1 aromatic rings. The Kier molecular flexibility index (Phi) is 5.84. The number of hydrogen-bond donors (Lipinski definition) is 0. The van der Waals surface area contributed by atoms with Crippen molar-refractivity contribution in [1.82, 2.24) is 0 Å². The molecule has 0 N–H and O–H groups in total. The Morgan fingerprint density at radius 3 is 2.00 bits per heavy atom. The van der Waals surface area contributed by atoms with E-state index < -0.39 is 8.07 Å². The molecular weight excluding hydrogens is 264 g/mol. The van der Waals surface area contributed by atoms with Crippen LogP contribution in [0.1, 0.15) is 20.8 Å². The average Bonchev–Trinajstić information content (AvgIpc) is 2.35. The van der Waals surface area contributed by atoms with Crippen molar-refractivity contribution in [3.8, 4) is 0 Å². The third kappa shape index (κ3) is 3.64. The molecule has 1 rings (SSSR count). The first-order valence-electron chi connectivity index (χ1n) is 6.20. The monoisotopic (exact) mass is 284 g/mol. The van der Waals surface area contributed by atoms with E-state index in [0.717, 1.165) is 5.02 Å². The van der Waals surface area contributed by atoms with E-state index in [0.29, 0.717) is 0 Å². The van der Waals surface area contributed by atoms with Gasteiger partial charge in [-0.1, -0.05) is 68.8 Å². The van der Waals surface area contributed by atoms with Gasteiger partial charge in [0.2, 0.25) is 0 Å². The Labute approximate surface area is 115 Å². The summed E-state index contributed by atoms with van der Waals surface area (Å²) in [6.45, 7) is 11.3. The zero-order valence-corrected chi connectivity index (χ0v) is 13.5. The molecule has 0 saturated heterocycles. The predicted octanol–water partition coefficient (Wildman–Crippen LogP) is 5.99. The second-order valence-electron chi connectivity index (χ2n) is 4.32. The molecule has 0 bridgehead atoms. The van der Waals surface area contributed by atoms with Gasteiger partial charge in [-0.25, -0.2) is 0 Å². The summed E-state index contributed by atoms with van der Waals surface area (Å²) in [5, 5.41) is 0.796. The van der Waals surface area contributed by atoms with Crippen LogP contribution in [0.2, 0.25) is 23.2 Å². The predicted molar refractivity (Wildman–Crippen MR) is 83.6 cm³/mol. The van der Waals surface area contributed by atoms with Gasteiger partial charge in [-0.05, 0) is 28.8 Å². The molecule has 17 heavy (non-hydrogen) atoms. The van der Waals surface area contributed by atoms with E-state index >= 15 is 0 Å². The average molecular weight is 285 g/mol. The number of benzene rings is 1. The number of rotatable bonds is 6. The molecule has 0 amide bonds. The van der Waals surface area contributed by atoms with Crippen LogP contribution in [0.15, 0.2) is 40.3 Å². The Balaban J connectivity index is 2.80. The molecule has 0 heterocycles. The lowest BCUT2D eigenvalue weighted by atomic mass is 10.4. The molecule has 0 aliphatic carbocycles. The molecule has 0 saturated carbocycles. The van der Waals surface area contributed by atoms with Crippen LogP contribution in [0, 0.1) is 0 Å². The molecule has 0 spiro atoms. The fraction of sp³-hybridized carbons (Fsp3) is 0.429. The summed E-state index contributed by atoms with van der Waals surface area (Å²) in [5.74, 6) is 0. The van der Waals surface area contributed by atoms with Crippen LogP contribution >= 0.6 is 23.4 Å². The zero-order valence-electron chi connectivity index (χ0n) is 10.9. The largest absolute Gasteiger partial charge is 0.0997 e. The molecular formula is C14H21ClSSi. The van der Waals surface area contributed by atoms with Gasteiger partial charge in [0.15, 0.2) is 0 Å². The molecule has 0 radical (unpaired) electrons. The SMILES string of the molecule is C=C(Sc1ccc(Cl)cc1)[Si](CC)(CC)CC. The minimum absolute atomic E-state index is 0.796. The van der Waals surface area contributed by atoms with Gasteiger partial charge in [0, 0.05) is 9.92 Å². The topological polar surface area (TPSA) is 0 Å². The fourth-order valence-electron chi connectivity index (χ4n) is 2.09. The molecule has 0 atom stereocenters. The van der Waals surface area contributed by atoms with Gasteiger partial charge in [-0.3, -0.25) is 0 Å². The van der Waals surface area contributed by atoms with Crippen molar-refractivity contribution < 1.29 is 0 Å². The van der Waals surface area contributed by atoms with Crippen LogP contribution in [0.5, 0.6) is 0 Å². The summed E-state index contributed by atoms with van der Waals surface area (Å²) in [5.41, 5.74) is 0. The molecule has 0 unspecified atom stereocenters. The quantitative estimate of drug-likeness (QED) is 0.456. The maximum atomic E-state index is 5.90. The molecule has 3 heteroatoms. The minimum atomic E-state index is -1.28. The third-order valence-electron chi connectivity index (χ3n) is 3.68. The van der Waals surface area contributed by atoms with Gasteiger partial charge in [0.05, 0.1) is 8.07 Å². The van der Waals surface area contributed by atoms with E-state index in [1.165, 1.54) is 27.6 Å². The highest BCUT2D eigenvalue weighted by atomic mass is 35.5. The first kappa shape index (κ1) is 14.9. The summed E-state index contributed by atoms with van der Waals surface area (Å²) in [4.78, 5) is 1.26. The fourth-order valence-corrected chi connectivity index (χ4v) is 7.98. The Bertz CT molecular complexity index is 360. The molecule has 0 fully saturated rings. The van der Waals surface area contributed by atoms with Crippen molar-refractivity contribution in [1.29, 1.82) is 0 Å². The van der Waals surface area contributed by atoms with E-state index in [1.54, 1.807) is 0 Å². The maximum absolute atomic E-state index is 5.90. The lowest BCUT2D eigenvalue weighted by molar-refractivity contribution is 1.19. The van der Waals surface area contributed by atoms with Gasteiger partial charge in [-0.2, -0.15) is 0 Å². The molecule has 0 aliphatic rings. The van der Waals surface area contributed by atoms with E-state index in [-0.39, 0.29) is 0 Å². The van der Waals surface area contributed by atoms with E-state index in [9.17, 15) is 0 Å². The van der Waals surface area contributed by atoms with E-state index in [2.05, 4.69) is 39.5 Å². The van der Waals surface area contributed by atoms with Crippen molar-refractivity contribution in [2.75, 3.05) is 0 Å². The number of thioether (sulfide) groups is 1. The Morgan fingerprint density at radius 1 is 1.12 bits per heavy atom. The Hall–Kier alpha value is -0.183. The normalized spacial score (nSPS) is 11.5. The summed E-state index contributed by atoms with van der Waals surface area (Å²) in [7, 11) is -1.28. The van der Waals surface area contributed by atoms with Gasteiger partial charge in [0.25, 0.3) is 0 Å². The summed E-state index contributed by atoms with van der Waals surface area (Å²) in [6, 6.07) is 11.9. The first-order chi connectivity index (χ1) is 8.07. The standard InChI is InChI=1S/C14H21ClSSi/c1-5-17(6-2,7-3)12(4)16-14-10-8-13(15)9-11-14/h8-11H,4-7H2,1-3H3. The number of halogens is 1. The molecule has 94 valence electrons. The highest BCUT2D eigenvalue weighted by Crippen LogP contribution is 2.38. The molecule has 0 aliphatic heterocycles. The zero-order chi connectivity index (χ0) is 12.9. The van der Waals surface area contributed by atoms with Crippen LogP contribution in [-0.2, 0) is 0 Å². The van der Waals surface area contributed by atoms with Crippen molar-refractivity contribution >= 4 is 31.4 Å². The van der Waals surface area contributed by atoms with Crippen LogP contribution < -0.4 is 0 Å². The van der Waals surface area contributed by atoms with Crippen LogP contribution in [0.3, 0.4) is 0 Å². The van der Waals surface area contributed by atoms with E-state index in [4.69, 9.17) is 11.6 Å². The van der Waals surface area contributed by atoms with Crippen LogP contribution in [-0.4, -0.2) is 8.07 Å². The van der Waals surface area contributed by atoms with Gasteiger partial charge < -0.3 is 0 Å². The molecule has 1 aromatic carbocycles. The van der Waals surface area contributed by atoms with Crippen molar-refractivity contribution in [3.05, 3.63) is 40.4 Å². The summed E-state index contributed by atoms with van der Waals surface area (Å²) < 4.78 is 1.41. The van der Waals surface area contributed by atoms with Crippen LogP contribution in [0.4, 0.5) is 0 Å². The third-order valence-corrected chi connectivity index (χ3v) is 11.5. The number of hydrogen-bond acceptors (Lipinski definition) is 1. The lowest BCUT2D eigenvalue weighted by Gasteiger charge is -2.29. The molecule has 0 nitrogen and oxygen atoms in total. The highest BCUT2D eigenvalue weighted by molar-refractivity contribution is 8.05. The van der Waals surface area contributed by atoms with Crippen LogP contribution in [0.25, 0.3) is 0 Å². The second kappa shape index (κ2) is 6.67. The van der Waals surface area contributed by atoms with Gasteiger partial charge in [0.1, 0.15) is 0 Å². The van der Waals surface area contributed by atoms with Crippen molar-refractivity contribution in [3.63, 3.8) is 0 Å². The first-order valence-corrected chi connectivity index (χ1v) is 10.0. The lowest BCUT2D eigenvalue weighted by Crippen LogP contribution is -2.32. The summed E-state index contributed by atoms with van der Waals surface area (Å²) >= 11 is 7.74. The van der Waals surface area contributed by atoms with Crippen molar-refractivity contribution in [2.24, 2.45) is 0 Å². The smallest absolute Gasteiger partial charge is 0.0937 e. The maximum Gasteiger partial charge on any atom is 0.0937 e. The highest BCUT2D eigenvalue weighted by Gasteiger charge is 2.30. The van der Waals surface area contributed by atoms with Crippen molar-refractivity contribution in [2.45, 2.75) is 43.8 Å². The second-order valence-corrected chi connectivity index (χ2v) is 11.6. The van der Waals surface area contributed by atoms with Gasteiger partial charge >= 0.3 is 0 Å². The molecule has 0 aromatic heterocycles. The summed E-state index contributed by atoms with van der Waals surface area (Å²) in [6.07, 6.45) is 0. The van der Waals surface area contributed by atoms with E-state index in [1.807, 2.05) is 23.9 Å². The Morgan fingerprint density at radius 2 is 1.59 bits per heavy atom. The minimum Gasteiger partial charge on any atom is -0.0997 e. The van der Waals surface area contributed by atoms with Gasteiger partial charge in [-0.15, -0.1) is 0 Å².